The van der Waals surface area contributed by atoms with Crippen LogP contribution in [-0.4, -0.2) is 111 Å². The van der Waals surface area contributed by atoms with Gasteiger partial charge in [0, 0.05) is 60.7 Å². The summed E-state index contributed by atoms with van der Waals surface area (Å²) in [6, 6.07) is 0. The van der Waals surface area contributed by atoms with E-state index in [0.717, 1.165) is 79.7 Å². The molecule has 1 aliphatic rings. The van der Waals surface area contributed by atoms with Crippen LogP contribution in [0.15, 0.2) is 5.10 Å². The van der Waals surface area contributed by atoms with Crippen LogP contribution in [0, 0.1) is 0 Å². The highest BCUT2D eigenvalue weighted by molar-refractivity contribution is 7.81. The van der Waals surface area contributed by atoms with Gasteiger partial charge in [-0.2, -0.15) is 81.2 Å². The highest BCUT2D eigenvalue weighted by atomic mass is 32.1. The van der Waals surface area contributed by atoms with Crippen LogP contribution in [0.25, 0.3) is 0 Å². The van der Waals surface area contributed by atoms with Gasteiger partial charge in [0.2, 0.25) is 0 Å². The van der Waals surface area contributed by atoms with E-state index >= 15 is 0 Å². The first-order chi connectivity index (χ1) is 13.1. The maximum Gasteiger partial charge on any atom is 0.328 e. The molecule has 1 N–H and O–H groups in total. The molecule has 27 heavy (non-hydrogen) atoms. The molecule has 0 radical (unpaired) electrons. The van der Waals surface area contributed by atoms with E-state index in [4.69, 9.17) is 5.10 Å². The molecule has 1 heterocycles. The molecule has 7 nitrogen and oxygen atoms in total. The van der Waals surface area contributed by atoms with Crippen molar-refractivity contribution in [1.29, 1.82) is 0 Å². The van der Waals surface area contributed by atoms with E-state index in [9.17, 15) is 0 Å². The minimum Gasteiger partial charge on any atom is -0.335 e. The summed E-state index contributed by atoms with van der Waals surface area (Å²) < 4.78 is 0. The molecule has 0 aromatic rings. The van der Waals surface area contributed by atoms with Crippen LogP contribution in [-0.2, 0) is 0 Å². The zero-order chi connectivity index (χ0) is 20.1. The summed E-state index contributed by atoms with van der Waals surface area (Å²) in [7, 11) is 0. The standard InChI is InChI=1S/C14H31N7S6/c22-7-1-17(2-8-23)14-15-20(18(3-9-24)4-10-25)13-21(16-14)19(5-11-26)6-12-27/h13H,1-12H2,(H6-,15,16,22,23,24,25,26,27)/p+1. The Hall–Kier alpha value is 0.600. The fraction of sp³-hybridized carbons (Fsp3) is 0.857. The maximum atomic E-state index is 4.80. The molecule has 1 rings (SSSR count). The zero-order valence-corrected chi connectivity index (χ0v) is 20.8. The molecule has 0 aromatic carbocycles. The van der Waals surface area contributed by atoms with Crippen molar-refractivity contribution in [2.75, 3.05) is 73.8 Å². The van der Waals surface area contributed by atoms with Gasteiger partial charge in [-0.25, -0.2) is 5.01 Å². The molecule has 0 saturated heterocycles. The fourth-order valence-electron chi connectivity index (χ4n) is 2.46. The minimum atomic E-state index is 0.727. The summed E-state index contributed by atoms with van der Waals surface area (Å²) >= 11 is 26.3. The van der Waals surface area contributed by atoms with Gasteiger partial charge >= 0.3 is 6.34 Å². The Kier molecular flexibility index (Phi) is 14.7. The first kappa shape index (κ1) is 25.6. The number of guanidine groups is 1. The Labute approximate surface area is 196 Å². The molecule has 0 amide bonds. The Balaban J connectivity index is 3.18. The van der Waals surface area contributed by atoms with Gasteiger partial charge in [0.05, 0.1) is 13.1 Å². The topological polar surface area (TPSA) is 40.4 Å². The van der Waals surface area contributed by atoms with Crippen molar-refractivity contribution < 1.29 is 4.79 Å². The van der Waals surface area contributed by atoms with Crippen molar-refractivity contribution in [3.05, 3.63) is 0 Å². The molecule has 0 spiro atoms. The number of nitrogens with one attached hydrogen (secondary N) is 1. The Morgan fingerprint density at radius 2 is 1.26 bits per heavy atom. The summed E-state index contributed by atoms with van der Waals surface area (Å²) in [5.74, 6) is 5.14. The van der Waals surface area contributed by atoms with Crippen LogP contribution >= 0.6 is 75.8 Å². The number of hydrazone groups is 3. The molecule has 1 aliphatic heterocycles. The number of rotatable bonds is 14. The molecule has 0 bridgehead atoms. The molecular weight excluding hydrogens is 459 g/mol. The highest BCUT2D eigenvalue weighted by Gasteiger charge is 2.30. The Morgan fingerprint density at radius 1 is 0.778 bits per heavy atom. The Bertz CT molecular complexity index is 417. The first-order valence-electron chi connectivity index (χ1n) is 8.83. The van der Waals surface area contributed by atoms with Gasteiger partial charge in [0.25, 0.3) is 5.96 Å². The molecule has 0 aliphatic carbocycles. The van der Waals surface area contributed by atoms with E-state index < -0.39 is 0 Å². The SMILES string of the molecule is SCCN(CCS)C1=NN(N(CCS)CCS)C=[N+](N(CCS)CCS)N1. The summed E-state index contributed by atoms with van der Waals surface area (Å²) in [6.07, 6.45) is 1.93. The van der Waals surface area contributed by atoms with E-state index in [0.29, 0.717) is 0 Å². The zero-order valence-electron chi connectivity index (χ0n) is 15.4. The fourth-order valence-corrected chi connectivity index (χ4v) is 3.87. The normalized spacial score (nSPS) is 14.1. The average Bonchev–Trinajstić information content (AvgIpc) is 2.67. The lowest BCUT2D eigenvalue weighted by Crippen LogP contribution is -2.60. The molecule has 0 unspecified atom stereocenters. The van der Waals surface area contributed by atoms with E-state index in [1.807, 2.05) is 16.2 Å². The second-order valence-corrected chi connectivity index (χ2v) is 8.24. The van der Waals surface area contributed by atoms with Crippen LogP contribution in [0.5, 0.6) is 0 Å². The second-order valence-electron chi connectivity index (χ2n) is 5.55. The summed E-state index contributed by atoms with van der Waals surface area (Å²) in [4.78, 5) is 4.11. The first-order valence-corrected chi connectivity index (χ1v) is 12.6. The van der Waals surface area contributed by atoms with Crippen molar-refractivity contribution in [2.45, 2.75) is 0 Å². The lowest BCUT2D eigenvalue weighted by Gasteiger charge is -2.33. The highest BCUT2D eigenvalue weighted by Crippen LogP contribution is 2.06. The van der Waals surface area contributed by atoms with Crippen molar-refractivity contribution in [3.8, 4) is 0 Å². The quantitative estimate of drug-likeness (QED) is 0.142. The van der Waals surface area contributed by atoms with Crippen molar-refractivity contribution in [2.24, 2.45) is 5.10 Å². The number of hydrogen-bond acceptors (Lipinski definition) is 12. The van der Waals surface area contributed by atoms with Crippen LogP contribution in [0.3, 0.4) is 0 Å². The van der Waals surface area contributed by atoms with Crippen molar-refractivity contribution >= 4 is 88.1 Å². The van der Waals surface area contributed by atoms with Gasteiger partial charge in [0.15, 0.2) is 0 Å². The number of hydrogen-bond donors (Lipinski definition) is 7. The lowest BCUT2D eigenvalue weighted by atomic mass is 10.5. The molecule has 0 atom stereocenters. The third-order valence-corrected chi connectivity index (χ3v) is 4.89. The largest absolute Gasteiger partial charge is 0.335 e. The summed E-state index contributed by atoms with van der Waals surface area (Å²) in [5, 5.41) is 10.9. The molecule has 158 valence electrons. The monoisotopic (exact) mass is 490 g/mol. The van der Waals surface area contributed by atoms with E-state index in [-0.39, 0.29) is 0 Å². The van der Waals surface area contributed by atoms with Gasteiger partial charge in [-0.05, 0) is 10.2 Å². The average molecular weight is 491 g/mol. The van der Waals surface area contributed by atoms with Gasteiger partial charge in [-0.1, -0.05) is 4.79 Å². The van der Waals surface area contributed by atoms with Crippen LogP contribution in [0.4, 0.5) is 0 Å². The van der Waals surface area contributed by atoms with Gasteiger partial charge in [0.1, 0.15) is 0 Å². The Morgan fingerprint density at radius 3 is 1.70 bits per heavy atom. The summed E-state index contributed by atoms with van der Waals surface area (Å²) in [6.45, 7) is 4.65. The molecule has 0 aromatic heterocycles. The number of hydrazine groups is 3. The smallest absolute Gasteiger partial charge is 0.328 e. The van der Waals surface area contributed by atoms with Crippen LogP contribution in [0.2, 0.25) is 0 Å². The number of nitrogens with zero attached hydrogens (tertiary/aromatic N) is 6. The van der Waals surface area contributed by atoms with E-state index in [2.05, 4.69) is 96.1 Å². The minimum absolute atomic E-state index is 0.727. The molecule has 13 heteroatoms. The van der Waals surface area contributed by atoms with Crippen LogP contribution in [0.1, 0.15) is 0 Å². The summed E-state index contributed by atoms with van der Waals surface area (Å²) in [5.41, 5.74) is 3.40. The lowest BCUT2D eigenvalue weighted by molar-refractivity contribution is -0.725. The van der Waals surface area contributed by atoms with Gasteiger partial charge in [-0.15, -0.1) is 5.01 Å². The maximum absolute atomic E-state index is 4.80. The third kappa shape index (κ3) is 8.87. The van der Waals surface area contributed by atoms with Gasteiger partial charge < -0.3 is 4.90 Å². The third-order valence-electron chi connectivity index (χ3n) is 3.69. The predicted molar refractivity (Wildman–Crippen MR) is 137 cm³/mol. The second kappa shape index (κ2) is 15.4. The van der Waals surface area contributed by atoms with E-state index in [1.54, 1.807) is 0 Å². The van der Waals surface area contributed by atoms with Crippen LogP contribution < -0.4 is 5.43 Å². The van der Waals surface area contributed by atoms with Crippen molar-refractivity contribution in [3.63, 3.8) is 0 Å². The molecule has 0 fully saturated rings. The van der Waals surface area contributed by atoms with E-state index in [1.165, 1.54) is 0 Å². The molecular formula is C14H32N7S6+. The van der Waals surface area contributed by atoms with Crippen molar-refractivity contribution in [1.82, 2.24) is 25.5 Å². The molecule has 0 saturated carbocycles. The van der Waals surface area contributed by atoms with Gasteiger partial charge in [-0.3, -0.25) is 0 Å². The number of thiol groups is 6. The predicted octanol–water partition coefficient (Wildman–Crippen LogP) is 0.433.